The maximum absolute atomic E-state index is 11.7. The van der Waals surface area contributed by atoms with Gasteiger partial charge in [0.2, 0.25) is 0 Å². The maximum Gasteiger partial charge on any atom is 0.160 e. The van der Waals surface area contributed by atoms with Gasteiger partial charge in [0.25, 0.3) is 0 Å². The van der Waals surface area contributed by atoms with Crippen molar-refractivity contribution in [3.8, 4) is 0 Å². The molecule has 0 aliphatic heterocycles. The molecule has 0 atom stereocenters. The summed E-state index contributed by atoms with van der Waals surface area (Å²) in [5.74, 6) is 0.0428. The van der Waals surface area contributed by atoms with Crippen LogP contribution in [0.5, 0.6) is 0 Å². The van der Waals surface area contributed by atoms with Crippen molar-refractivity contribution in [1.29, 1.82) is 0 Å². The molecule has 2 aromatic rings. The van der Waals surface area contributed by atoms with Gasteiger partial charge in [-0.3, -0.25) is 4.79 Å². The lowest BCUT2D eigenvalue weighted by molar-refractivity contribution is -0.111. The van der Waals surface area contributed by atoms with Crippen LogP contribution in [-0.4, -0.2) is 5.78 Å². The van der Waals surface area contributed by atoms with Crippen LogP contribution >= 0.6 is 11.6 Å². The van der Waals surface area contributed by atoms with Gasteiger partial charge in [-0.05, 0) is 36.3 Å². The standard InChI is InChI=1S/C16H13ClO/c1-12(18)16(11-13-5-3-2-4-6-13)14-7-9-15(17)10-8-14/h2-11H,1H3. The van der Waals surface area contributed by atoms with E-state index in [0.29, 0.717) is 10.6 Å². The molecule has 0 saturated carbocycles. The van der Waals surface area contributed by atoms with Gasteiger partial charge in [0.15, 0.2) is 5.78 Å². The second-order valence-electron chi connectivity index (χ2n) is 4.03. The highest BCUT2D eigenvalue weighted by atomic mass is 35.5. The predicted molar refractivity (Wildman–Crippen MR) is 76.4 cm³/mol. The summed E-state index contributed by atoms with van der Waals surface area (Å²) in [5, 5.41) is 0.668. The first-order chi connectivity index (χ1) is 8.66. The van der Waals surface area contributed by atoms with Gasteiger partial charge in [-0.25, -0.2) is 0 Å². The summed E-state index contributed by atoms with van der Waals surface area (Å²) < 4.78 is 0. The van der Waals surface area contributed by atoms with Gasteiger partial charge in [-0.1, -0.05) is 54.1 Å². The lowest BCUT2D eigenvalue weighted by Gasteiger charge is -2.04. The Morgan fingerprint density at radius 2 is 1.61 bits per heavy atom. The van der Waals surface area contributed by atoms with Gasteiger partial charge >= 0.3 is 0 Å². The maximum atomic E-state index is 11.7. The van der Waals surface area contributed by atoms with Crippen LogP contribution in [0.4, 0.5) is 0 Å². The third kappa shape index (κ3) is 3.08. The fourth-order valence-corrected chi connectivity index (χ4v) is 1.86. The van der Waals surface area contributed by atoms with Crippen LogP contribution in [0.1, 0.15) is 18.1 Å². The van der Waals surface area contributed by atoms with Gasteiger partial charge < -0.3 is 0 Å². The summed E-state index contributed by atoms with van der Waals surface area (Å²) in [6.45, 7) is 1.57. The molecule has 0 N–H and O–H groups in total. The van der Waals surface area contributed by atoms with E-state index in [2.05, 4.69) is 0 Å². The first-order valence-electron chi connectivity index (χ1n) is 5.70. The quantitative estimate of drug-likeness (QED) is 0.585. The number of halogens is 1. The number of benzene rings is 2. The molecule has 0 unspecified atom stereocenters. The Morgan fingerprint density at radius 3 is 2.17 bits per heavy atom. The summed E-state index contributed by atoms with van der Waals surface area (Å²) in [4.78, 5) is 11.7. The first kappa shape index (κ1) is 12.6. The Morgan fingerprint density at radius 1 is 1.00 bits per heavy atom. The van der Waals surface area contributed by atoms with Crippen molar-refractivity contribution in [3.05, 3.63) is 70.7 Å². The highest BCUT2D eigenvalue weighted by Crippen LogP contribution is 2.21. The van der Waals surface area contributed by atoms with E-state index >= 15 is 0 Å². The highest BCUT2D eigenvalue weighted by Gasteiger charge is 2.07. The van der Waals surface area contributed by atoms with Crippen molar-refractivity contribution < 1.29 is 4.79 Å². The molecule has 0 heterocycles. The average Bonchev–Trinajstić information content (AvgIpc) is 2.38. The fraction of sp³-hybridized carbons (Fsp3) is 0.0625. The predicted octanol–water partition coefficient (Wildman–Crippen LogP) is 4.47. The lowest BCUT2D eigenvalue weighted by atomic mass is 10.00. The largest absolute Gasteiger partial charge is 0.294 e. The molecule has 18 heavy (non-hydrogen) atoms. The zero-order valence-electron chi connectivity index (χ0n) is 10.1. The molecule has 0 bridgehead atoms. The van der Waals surface area contributed by atoms with Crippen LogP contribution < -0.4 is 0 Å². The smallest absolute Gasteiger partial charge is 0.160 e. The number of hydrogen-bond acceptors (Lipinski definition) is 1. The third-order valence-corrected chi connectivity index (χ3v) is 2.90. The summed E-state index contributed by atoms with van der Waals surface area (Å²) in [6.07, 6.45) is 1.89. The number of Topliss-reactive ketones (excluding diaryl/α,β-unsaturated/α-hetero) is 1. The minimum absolute atomic E-state index is 0.0428. The zero-order chi connectivity index (χ0) is 13.0. The number of allylic oxidation sites excluding steroid dienone is 1. The Balaban J connectivity index is 2.44. The minimum atomic E-state index is 0.0428. The van der Waals surface area contributed by atoms with E-state index in [1.54, 1.807) is 19.1 Å². The van der Waals surface area contributed by atoms with E-state index in [0.717, 1.165) is 11.1 Å². The van der Waals surface area contributed by atoms with E-state index < -0.39 is 0 Å². The molecule has 0 saturated heterocycles. The molecule has 0 spiro atoms. The number of carbonyl (C=O) groups is 1. The summed E-state index contributed by atoms with van der Waals surface area (Å²) in [6, 6.07) is 17.1. The van der Waals surface area contributed by atoms with Crippen molar-refractivity contribution >= 4 is 29.0 Å². The van der Waals surface area contributed by atoms with Gasteiger partial charge in [-0.15, -0.1) is 0 Å². The molecule has 90 valence electrons. The summed E-state index contributed by atoms with van der Waals surface area (Å²) >= 11 is 5.85. The van der Waals surface area contributed by atoms with Crippen molar-refractivity contribution in [2.75, 3.05) is 0 Å². The Labute approximate surface area is 112 Å². The van der Waals surface area contributed by atoms with Crippen LogP contribution in [0, 0.1) is 0 Å². The van der Waals surface area contributed by atoms with Crippen LogP contribution in [0.15, 0.2) is 54.6 Å². The van der Waals surface area contributed by atoms with Crippen molar-refractivity contribution in [2.24, 2.45) is 0 Å². The van der Waals surface area contributed by atoms with Crippen LogP contribution in [-0.2, 0) is 4.79 Å². The molecule has 0 aromatic heterocycles. The Bertz CT molecular complexity index is 568. The molecule has 0 fully saturated rings. The fourth-order valence-electron chi connectivity index (χ4n) is 1.73. The third-order valence-electron chi connectivity index (χ3n) is 2.65. The molecule has 1 nitrogen and oxygen atoms in total. The van der Waals surface area contributed by atoms with Gasteiger partial charge in [0.1, 0.15) is 0 Å². The molecular formula is C16H13ClO. The van der Waals surface area contributed by atoms with E-state index in [1.165, 1.54) is 0 Å². The lowest BCUT2D eigenvalue weighted by Crippen LogP contribution is -1.95. The van der Waals surface area contributed by atoms with Gasteiger partial charge in [0, 0.05) is 10.6 Å². The first-order valence-corrected chi connectivity index (χ1v) is 6.08. The number of rotatable bonds is 3. The van der Waals surface area contributed by atoms with Gasteiger partial charge in [0.05, 0.1) is 0 Å². The number of ketones is 1. The molecule has 0 amide bonds. The SMILES string of the molecule is CC(=O)C(=Cc1ccccc1)c1ccc(Cl)cc1. The topological polar surface area (TPSA) is 17.1 Å². The van der Waals surface area contributed by atoms with Gasteiger partial charge in [-0.2, -0.15) is 0 Å². The zero-order valence-corrected chi connectivity index (χ0v) is 10.8. The second kappa shape index (κ2) is 5.65. The van der Waals surface area contributed by atoms with Crippen LogP contribution in [0.3, 0.4) is 0 Å². The molecule has 0 radical (unpaired) electrons. The van der Waals surface area contributed by atoms with Crippen LogP contribution in [0.25, 0.3) is 11.6 Å². The molecular weight excluding hydrogens is 244 g/mol. The van der Waals surface area contributed by atoms with E-state index in [-0.39, 0.29) is 5.78 Å². The average molecular weight is 257 g/mol. The van der Waals surface area contributed by atoms with Crippen molar-refractivity contribution in [2.45, 2.75) is 6.92 Å². The summed E-state index contributed by atoms with van der Waals surface area (Å²) in [5.41, 5.74) is 2.59. The van der Waals surface area contributed by atoms with Crippen molar-refractivity contribution in [3.63, 3.8) is 0 Å². The number of hydrogen-bond donors (Lipinski definition) is 0. The summed E-state index contributed by atoms with van der Waals surface area (Å²) in [7, 11) is 0. The van der Waals surface area contributed by atoms with E-state index in [1.807, 2.05) is 48.5 Å². The molecule has 2 aromatic carbocycles. The molecule has 2 heteroatoms. The van der Waals surface area contributed by atoms with Crippen LogP contribution in [0.2, 0.25) is 5.02 Å². The Kier molecular flexibility index (Phi) is 3.96. The monoisotopic (exact) mass is 256 g/mol. The molecule has 0 aliphatic rings. The second-order valence-corrected chi connectivity index (χ2v) is 4.47. The minimum Gasteiger partial charge on any atom is -0.294 e. The Hall–Kier alpha value is -1.86. The van der Waals surface area contributed by atoms with E-state index in [4.69, 9.17) is 11.6 Å². The highest BCUT2D eigenvalue weighted by molar-refractivity contribution is 6.31. The molecule has 2 rings (SSSR count). The van der Waals surface area contributed by atoms with E-state index in [9.17, 15) is 4.79 Å². The molecule has 0 aliphatic carbocycles. The van der Waals surface area contributed by atoms with Crippen molar-refractivity contribution in [1.82, 2.24) is 0 Å². The normalized spacial score (nSPS) is 11.3. The number of carbonyl (C=O) groups excluding carboxylic acids is 1.